The van der Waals surface area contributed by atoms with Crippen molar-refractivity contribution in [3.63, 3.8) is 0 Å². The molecule has 1 atom stereocenters. The van der Waals surface area contributed by atoms with Crippen LogP contribution in [0, 0.1) is 11.3 Å². The van der Waals surface area contributed by atoms with Gasteiger partial charge in [0.2, 0.25) is 0 Å². The number of nitriles is 1. The molecule has 0 amide bonds. The van der Waals surface area contributed by atoms with Gasteiger partial charge in [-0.2, -0.15) is 5.26 Å². The van der Waals surface area contributed by atoms with Crippen molar-refractivity contribution >= 4 is 10.8 Å². The second kappa shape index (κ2) is 14.1. The van der Waals surface area contributed by atoms with Gasteiger partial charge in [-0.25, -0.2) is 9.97 Å². The molecule has 1 aliphatic heterocycles. The molecule has 10 aromatic rings. The SMILES string of the molecule is N#Cc1ccc(-c2ccc(-c3ccc4c(c3)C3(c5ccccc5O4)c4ccccc4-c4ccc(-c5nc(-c6ccccc6)cc(-c6ccccc6)n5)cc43)c3ccccc23)cc1. The Kier molecular flexibility index (Phi) is 8.10. The van der Waals surface area contributed by atoms with Gasteiger partial charge in [0.05, 0.1) is 28.4 Å². The van der Waals surface area contributed by atoms with Crippen molar-refractivity contribution in [1.82, 2.24) is 9.97 Å². The summed E-state index contributed by atoms with van der Waals surface area (Å²) < 4.78 is 6.87. The summed E-state index contributed by atoms with van der Waals surface area (Å²) in [4.78, 5) is 10.5. The van der Waals surface area contributed by atoms with Crippen molar-refractivity contribution in [3.8, 4) is 84.9 Å². The summed E-state index contributed by atoms with van der Waals surface area (Å²) in [6, 6.07) is 76.7. The van der Waals surface area contributed by atoms with E-state index in [0.717, 1.165) is 83.7 Å². The smallest absolute Gasteiger partial charge is 0.160 e. The minimum absolute atomic E-state index is 0.647. The molecule has 4 nitrogen and oxygen atoms in total. The molecule has 0 N–H and O–H groups in total. The highest BCUT2D eigenvalue weighted by Crippen LogP contribution is 2.63. The lowest BCUT2D eigenvalue weighted by molar-refractivity contribution is 0.436. The van der Waals surface area contributed by atoms with Crippen molar-refractivity contribution < 1.29 is 4.74 Å². The summed E-state index contributed by atoms with van der Waals surface area (Å²) in [7, 11) is 0. The Morgan fingerprint density at radius 2 is 0.887 bits per heavy atom. The van der Waals surface area contributed by atoms with Crippen LogP contribution in [0.4, 0.5) is 0 Å². The van der Waals surface area contributed by atoms with E-state index < -0.39 is 5.41 Å². The van der Waals surface area contributed by atoms with E-state index >= 15 is 0 Å². The predicted octanol–water partition coefficient (Wildman–Crippen LogP) is 14.3. The van der Waals surface area contributed by atoms with Crippen molar-refractivity contribution in [2.45, 2.75) is 5.41 Å². The maximum Gasteiger partial charge on any atom is 0.160 e. The molecule has 4 heteroatoms. The first kappa shape index (κ1) is 35.5. The zero-order valence-corrected chi connectivity index (χ0v) is 33.5. The second-order valence-corrected chi connectivity index (χ2v) is 16.0. The van der Waals surface area contributed by atoms with Gasteiger partial charge in [0.15, 0.2) is 5.82 Å². The van der Waals surface area contributed by atoms with E-state index in [1.807, 2.05) is 36.4 Å². The third-order valence-electron chi connectivity index (χ3n) is 12.6. The minimum atomic E-state index is -0.709. The third-order valence-corrected chi connectivity index (χ3v) is 12.6. The zero-order chi connectivity index (χ0) is 41.2. The Bertz CT molecular complexity index is 3390. The van der Waals surface area contributed by atoms with Crippen molar-refractivity contribution in [3.05, 3.63) is 240 Å². The van der Waals surface area contributed by atoms with Crippen LogP contribution in [0.2, 0.25) is 0 Å². The van der Waals surface area contributed by atoms with Crippen LogP contribution in [-0.2, 0) is 5.41 Å². The van der Waals surface area contributed by atoms with E-state index in [1.165, 1.54) is 22.3 Å². The maximum absolute atomic E-state index is 9.46. The van der Waals surface area contributed by atoms with Gasteiger partial charge in [-0.3, -0.25) is 0 Å². The summed E-state index contributed by atoms with van der Waals surface area (Å²) in [6.45, 7) is 0. The molecule has 0 fully saturated rings. The van der Waals surface area contributed by atoms with Crippen molar-refractivity contribution in [2.24, 2.45) is 0 Å². The molecule has 1 aromatic heterocycles. The fourth-order valence-corrected chi connectivity index (χ4v) is 9.82. The van der Waals surface area contributed by atoms with Crippen LogP contribution < -0.4 is 4.74 Å². The quantitative estimate of drug-likeness (QED) is 0.174. The molecule has 2 aliphatic rings. The molecule has 0 saturated heterocycles. The molecule has 1 spiro atoms. The van der Waals surface area contributed by atoms with E-state index in [-0.39, 0.29) is 0 Å². The normalized spacial score (nSPS) is 14.3. The van der Waals surface area contributed by atoms with Gasteiger partial charge in [-0.05, 0) is 97.7 Å². The highest BCUT2D eigenvalue weighted by Gasteiger charge is 2.51. The fraction of sp³-hybridized carbons (Fsp3) is 0.0172. The lowest BCUT2D eigenvalue weighted by Crippen LogP contribution is -2.32. The number of aromatic nitrogens is 2. The molecule has 0 saturated carbocycles. The number of nitrogens with zero attached hydrogens (tertiary/aromatic N) is 3. The fourth-order valence-electron chi connectivity index (χ4n) is 9.82. The van der Waals surface area contributed by atoms with Crippen LogP contribution in [-0.4, -0.2) is 9.97 Å². The Balaban J connectivity index is 1.09. The number of hydrogen-bond acceptors (Lipinski definition) is 4. The van der Waals surface area contributed by atoms with E-state index in [1.54, 1.807) is 0 Å². The lowest BCUT2D eigenvalue weighted by atomic mass is 9.65. The monoisotopic (exact) mass is 789 g/mol. The van der Waals surface area contributed by atoms with E-state index in [0.29, 0.717) is 11.4 Å². The van der Waals surface area contributed by atoms with Crippen LogP contribution >= 0.6 is 0 Å². The first-order valence-corrected chi connectivity index (χ1v) is 20.9. The Hall–Kier alpha value is -8.39. The molecule has 62 heavy (non-hydrogen) atoms. The molecule has 1 unspecified atom stereocenters. The highest BCUT2D eigenvalue weighted by atomic mass is 16.5. The standard InChI is InChI=1S/C58H35N3O/c59-36-37-23-25-38(26-24-37)43-30-31-44(46-18-8-7-17-45(43)46)41-28-32-56-52(33-41)58(50-21-11-12-22-55(50)62-56)49-20-10-9-19-47(49)48-29-27-42(34-51(48)58)57-60-53(39-13-3-1-4-14-39)35-54(61-57)40-15-5-2-6-16-40/h1-35H. The molecule has 288 valence electrons. The molecule has 0 radical (unpaired) electrons. The molecule has 1 aliphatic carbocycles. The highest BCUT2D eigenvalue weighted by molar-refractivity contribution is 6.05. The molecular weight excluding hydrogens is 755 g/mol. The molecular formula is C58H35N3O. The summed E-state index contributed by atoms with van der Waals surface area (Å²) in [5, 5.41) is 11.8. The molecule has 9 aromatic carbocycles. The topological polar surface area (TPSA) is 58.8 Å². The Morgan fingerprint density at radius 1 is 0.371 bits per heavy atom. The van der Waals surface area contributed by atoms with Gasteiger partial charge in [-0.1, -0.05) is 170 Å². The van der Waals surface area contributed by atoms with Crippen LogP contribution in [0.5, 0.6) is 11.5 Å². The first-order chi connectivity index (χ1) is 30.7. The van der Waals surface area contributed by atoms with E-state index in [9.17, 15) is 5.26 Å². The number of ether oxygens (including phenoxy) is 1. The molecule has 12 rings (SSSR count). The van der Waals surface area contributed by atoms with E-state index in [4.69, 9.17) is 14.7 Å². The average molecular weight is 790 g/mol. The van der Waals surface area contributed by atoms with Gasteiger partial charge < -0.3 is 4.74 Å². The van der Waals surface area contributed by atoms with Gasteiger partial charge in [0, 0.05) is 27.8 Å². The minimum Gasteiger partial charge on any atom is -0.457 e. The number of hydrogen-bond donors (Lipinski definition) is 0. The number of para-hydroxylation sites is 1. The Morgan fingerprint density at radius 3 is 1.58 bits per heavy atom. The summed E-state index contributed by atoms with van der Waals surface area (Å²) >= 11 is 0. The van der Waals surface area contributed by atoms with Gasteiger partial charge >= 0.3 is 0 Å². The average Bonchev–Trinajstić information content (AvgIpc) is 3.64. The second-order valence-electron chi connectivity index (χ2n) is 16.0. The number of benzene rings is 9. The van der Waals surface area contributed by atoms with Crippen LogP contribution in [0.25, 0.3) is 78.1 Å². The summed E-state index contributed by atoms with van der Waals surface area (Å²) in [5.41, 5.74) is 16.1. The van der Waals surface area contributed by atoms with Gasteiger partial charge in [-0.15, -0.1) is 0 Å². The summed E-state index contributed by atoms with van der Waals surface area (Å²) in [5.74, 6) is 2.33. The lowest BCUT2D eigenvalue weighted by Gasteiger charge is -2.39. The van der Waals surface area contributed by atoms with Crippen LogP contribution in [0.3, 0.4) is 0 Å². The van der Waals surface area contributed by atoms with Crippen molar-refractivity contribution in [2.75, 3.05) is 0 Å². The number of fused-ring (bicyclic) bond motifs is 10. The first-order valence-electron chi connectivity index (χ1n) is 20.9. The molecule has 2 heterocycles. The Labute approximate surface area is 359 Å². The van der Waals surface area contributed by atoms with Crippen LogP contribution in [0.15, 0.2) is 212 Å². The largest absolute Gasteiger partial charge is 0.457 e. The van der Waals surface area contributed by atoms with Crippen molar-refractivity contribution in [1.29, 1.82) is 5.26 Å². The number of rotatable bonds is 5. The van der Waals surface area contributed by atoms with Crippen LogP contribution in [0.1, 0.15) is 27.8 Å². The van der Waals surface area contributed by atoms with Gasteiger partial charge in [0.1, 0.15) is 11.5 Å². The molecule has 0 bridgehead atoms. The maximum atomic E-state index is 9.46. The summed E-state index contributed by atoms with van der Waals surface area (Å²) in [6.07, 6.45) is 0. The third kappa shape index (κ3) is 5.46. The zero-order valence-electron chi connectivity index (χ0n) is 33.5. The van der Waals surface area contributed by atoms with E-state index in [2.05, 4.69) is 182 Å². The predicted molar refractivity (Wildman–Crippen MR) is 249 cm³/mol. The van der Waals surface area contributed by atoms with Gasteiger partial charge in [0.25, 0.3) is 0 Å².